The van der Waals surface area contributed by atoms with Gasteiger partial charge in [0, 0.05) is 18.8 Å². The first kappa shape index (κ1) is 42.5. The third-order valence-electron chi connectivity index (χ3n) is 15.8. The van der Waals surface area contributed by atoms with Gasteiger partial charge in [0.2, 0.25) is 0 Å². The van der Waals surface area contributed by atoms with Gasteiger partial charge in [-0.3, -0.25) is 9.59 Å². The summed E-state index contributed by atoms with van der Waals surface area (Å²) in [6.07, 6.45) is 24.4. The molecular formula is C49H72O7. The molecule has 0 spiro atoms. The van der Waals surface area contributed by atoms with Gasteiger partial charge in [-0.05, 0) is 171 Å². The van der Waals surface area contributed by atoms with E-state index in [1.165, 1.54) is 99.3 Å². The van der Waals surface area contributed by atoms with E-state index in [1.807, 2.05) is 24.3 Å². The van der Waals surface area contributed by atoms with Crippen molar-refractivity contribution in [2.45, 2.75) is 187 Å². The largest absolute Gasteiger partial charge is 0.508 e. The number of phenolic OH excluding ortho intramolecular Hbond substituents is 2. The third-order valence-corrected chi connectivity index (χ3v) is 15.8. The monoisotopic (exact) mass is 773 g/mol. The Morgan fingerprint density at radius 2 is 1.16 bits per heavy atom. The van der Waals surface area contributed by atoms with Crippen molar-refractivity contribution in [3.05, 3.63) is 58.7 Å². The second-order valence-corrected chi connectivity index (χ2v) is 19.1. The van der Waals surface area contributed by atoms with E-state index in [4.69, 9.17) is 14.6 Å². The summed E-state index contributed by atoms with van der Waals surface area (Å²) in [6, 6.07) is 12.0. The van der Waals surface area contributed by atoms with E-state index in [0.717, 1.165) is 64.2 Å². The van der Waals surface area contributed by atoms with Crippen LogP contribution in [0.1, 0.15) is 184 Å². The van der Waals surface area contributed by atoms with Gasteiger partial charge < -0.3 is 25.2 Å². The Morgan fingerprint density at radius 3 is 1.71 bits per heavy atom. The highest BCUT2D eigenvalue weighted by Gasteiger charge is 2.57. The minimum Gasteiger partial charge on any atom is -0.508 e. The summed E-state index contributed by atoms with van der Waals surface area (Å²) >= 11 is 0. The molecule has 4 N–H and O–H groups in total. The average molecular weight is 773 g/mol. The molecule has 6 aliphatic carbocycles. The molecule has 2 aromatic carbocycles. The Balaban J connectivity index is 0.000000188. The molecule has 310 valence electrons. The van der Waals surface area contributed by atoms with Crippen LogP contribution < -0.4 is 0 Å². The molecule has 0 aromatic heterocycles. The number of ether oxygens (including phenoxy) is 1. The smallest absolute Gasteiger partial charge is 0.306 e. The zero-order valence-corrected chi connectivity index (χ0v) is 34.9. The van der Waals surface area contributed by atoms with Crippen LogP contribution in [-0.4, -0.2) is 44.6 Å². The summed E-state index contributed by atoms with van der Waals surface area (Å²) in [4.78, 5) is 21.6. The van der Waals surface area contributed by atoms with Crippen LogP contribution >= 0.6 is 0 Å². The molecule has 6 aliphatic rings. The van der Waals surface area contributed by atoms with Crippen molar-refractivity contribution >= 4 is 11.9 Å². The molecule has 10 atom stereocenters. The number of unbranched alkanes of at least 4 members (excludes halogenated alkanes) is 7. The predicted octanol–water partition coefficient (Wildman–Crippen LogP) is 11.4. The summed E-state index contributed by atoms with van der Waals surface area (Å²) in [6.45, 7) is 8.06. The van der Waals surface area contributed by atoms with Crippen molar-refractivity contribution in [3.8, 4) is 11.5 Å². The van der Waals surface area contributed by atoms with Gasteiger partial charge in [-0.15, -0.1) is 0 Å². The number of hydrogen-bond acceptors (Lipinski definition) is 6. The lowest BCUT2D eigenvalue weighted by Gasteiger charge is -2.50. The van der Waals surface area contributed by atoms with Crippen LogP contribution in [0.2, 0.25) is 0 Å². The van der Waals surface area contributed by atoms with Gasteiger partial charge in [0.05, 0.1) is 6.10 Å². The van der Waals surface area contributed by atoms with E-state index in [1.54, 1.807) is 0 Å². The summed E-state index contributed by atoms with van der Waals surface area (Å²) in [5.74, 6) is 4.06. The van der Waals surface area contributed by atoms with Gasteiger partial charge in [0.1, 0.15) is 17.6 Å². The highest BCUT2D eigenvalue weighted by atomic mass is 16.5. The fourth-order valence-corrected chi connectivity index (χ4v) is 12.9. The number of benzene rings is 2. The standard InChI is InChI=1S/C29H44O3.C18H24O2.C2H4O2/c1-3-4-5-6-7-8-9-10-11-28(31)32-27-17-16-26-25-14-12-21-20-22(30)13-15-23(21)24(25)18-19-29(26,27)2;1-18-9-8-14-13-5-3-12(19)10-11(13)2-4-15(14)16(18)6-7-17(18)20;1-2(3)4/h13,15,20,24-27,30H,3-12,14,16-19H2,1-2H3;3,5,10,14-17,19-20H,2,4,6-9H2,1H3;1H3,(H,3,4)/t24-,25-,26+,27+,29+;14-,15-,16+,17+,18+;/m11./s1. The maximum atomic E-state index is 12.6. The van der Waals surface area contributed by atoms with Gasteiger partial charge in [-0.25, -0.2) is 0 Å². The molecule has 4 saturated carbocycles. The average Bonchev–Trinajstić information content (AvgIpc) is 3.66. The predicted molar refractivity (Wildman–Crippen MR) is 222 cm³/mol. The van der Waals surface area contributed by atoms with Crippen molar-refractivity contribution in [2.75, 3.05) is 0 Å². The summed E-state index contributed by atoms with van der Waals surface area (Å²) in [5.41, 5.74) is 5.95. The number of rotatable bonds is 10. The maximum Gasteiger partial charge on any atom is 0.306 e. The number of aryl methyl sites for hydroxylation is 2. The summed E-state index contributed by atoms with van der Waals surface area (Å²) < 4.78 is 6.14. The molecule has 56 heavy (non-hydrogen) atoms. The van der Waals surface area contributed by atoms with Gasteiger partial charge in [0.25, 0.3) is 5.97 Å². The molecule has 0 amide bonds. The van der Waals surface area contributed by atoms with Crippen molar-refractivity contribution in [3.63, 3.8) is 0 Å². The summed E-state index contributed by atoms with van der Waals surface area (Å²) in [7, 11) is 0. The lowest BCUT2D eigenvalue weighted by molar-refractivity contribution is -0.157. The molecule has 0 aliphatic heterocycles. The fourth-order valence-electron chi connectivity index (χ4n) is 12.9. The molecule has 8 rings (SSSR count). The van der Waals surface area contributed by atoms with Crippen LogP contribution in [0.4, 0.5) is 0 Å². The first-order valence-corrected chi connectivity index (χ1v) is 22.6. The highest BCUT2D eigenvalue weighted by molar-refractivity contribution is 5.69. The number of carbonyl (C=O) groups is 2. The minimum absolute atomic E-state index is 0.0365. The lowest BCUT2D eigenvalue weighted by atomic mass is 9.55. The maximum absolute atomic E-state index is 12.6. The Morgan fingerprint density at radius 1 is 0.679 bits per heavy atom. The van der Waals surface area contributed by atoms with E-state index in [2.05, 4.69) is 32.9 Å². The van der Waals surface area contributed by atoms with Crippen molar-refractivity contribution in [1.29, 1.82) is 0 Å². The van der Waals surface area contributed by atoms with Gasteiger partial charge in [-0.2, -0.15) is 0 Å². The number of carboxylic acid groups (broad SMARTS) is 1. The SMILES string of the molecule is CC(=O)O.CCCCCCCCCCC(=O)O[C@H]1CC[C@H]2[C@@H]3CCc4cc(O)ccc4[C@H]3CC[C@]12C.C[C@]12CC[C@@H]3c4ccc(O)cc4CC[C@H]3[C@@H]1CC[C@@H]2O. The van der Waals surface area contributed by atoms with Crippen LogP contribution in [-0.2, 0) is 27.2 Å². The molecule has 0 radical (unpaired) electrons. The van der Waals surface area contributed by atoms with E-state index in [0.29, 0.717) is 47.5 Å². The van der Waals surface area contributed by atoms with Crippen LogP contribution in [0.3, 0.4) is 0 Å². The molecule has 4 fully saturated rings. The number of carbonyl (C=O) groups excluding carboxylic acids is 1. The zero-order chi connectivity index (χ0) is 40.0. The molecular weight excluding hydrogens is 701 g/mol. The number of aliphatic carboxylic acids is 1. The van der Waals surface area contributed by atoms with E-state index >= 15 is 0 Å². The van der Waals surface area contributed by atoms with Crippen LogP contribution in [0, 0.1) is 34.5 Å². The first-order valence-electron chi connectivity index (χ1n) is 22.6. The Hall–Kier alpha value is -3.06. The molecule has 0 bridgehead atoms. The van der Waals surface area contributed by atoms with Gasteiger partial charge in [-0.1, -0.05) is 77.8 Å². The second kappa shape index (κ2) is 18.7. The van der Waals surface area contributed by atoms with Crippen LogP contribution in [0.5, 0.6) is 11.5 Å². The number of aromatic hydroxyl groups is 2. The normalized spacial score (nSPS) is 33.4. The number of phenols is 2. The number of aliphatic hydroxyl groups excluding tert-OH is 1. The van der Waals surface area contributed by atoms with Crippen molar-refractivity contribution in [2.24, 2.45) is 34.5 Å². The minimum atomic E-state index is -0.833. The number of aliphatic hydroxyl groups is 1. The molecule has 0 unspecified atom stereocenters. The molecule has 7 heteroatoms. The number of fused-ring (bicyclic) bond motifs is 10. The fraction of sp³-hybridized carbons (Fsp3) is 0.714. The Bertz CT molecular complexity index is 1630. The quantitative estimate of drug-likeness (QED) is 0.140. The number of carboxylic acids is 1. The molecule has 2 aromatic rings. The van der Waals surface area contributed by atoms with E-state index < -0.39 is 5.97 Å². The van der Waals surface area contributed by atoms with Crippen molar-refractivity contribution in [1.82, 2.24) is 0 Å². The zero-order valence-electron chi connectivity index (χ0n) is 34.9. The highest BCUT2D eigenvalue weighted by Crippen LogP contribution is 2.62. The Labute approximate surface area is 337 Å². The van der Waals surface area contributed by atoms with Crippen LogP contribution in [0.25, 0.3) is 0 Å². The van der Waals surface area contributed by atoms with Crippen LogP contribution in [0.15, 0.2) is 36.4 Å². The summed E-state index contributed by atoms with van der Waals surface area (Å²) in [5, 5.41) is 37.3. The first-order chi connectivity index (χ1) is 26.9. The molecule has 0 saturated heterocycles. The third kappa shape index (κ3) is 9.29. The number of esters is 1. The number of hydrogen-bond donors (Lipinski definition) is 4. The lowest BCUT2D eigenvalue weighted by Crippen LogP contribution is -2.45. The van der Waals surface area contributed by atoms with E-state index in [9.17, 15) is 20.1 Å². The topological polar surface area (TPSA) is 124 Å². The Kier molecular flexibility index (Phi) is 14.2. The molecule has 0 heterocycles. The molecule has 7 nitrogen and oxygen atoms in total. The van der Waals surface area contributed by atoms with Gasteiger partial charge >= 0.3 is 5.97 Å². The van der Waals surface area contributed by atoms with Gasteiger partial charge in [0.15, 0.2) is 0 Å². The van der Waals surface area contributed by atoms with E-state index in [-0.39, 0.29) is 29.0 Å². The second-order valence-electron chi connectivity index (χ2n) is 19.1. The van der Waals surface area contributed by atoms with Crippen molar-refractivity contribution < 1.29 is 34.8 Å².